The van der Waals surface area contributed by atoms with E-state index in [-0.39, 0.29) is 5.91 Å². The second-order valence-electron chi connectivity index (χ2n) is 5.96. The first-order valence-electron chi connectivity index (χ1n) is 8.76. The van der Waals surface area contributed by atoms with Crippen LogP contribution in [0.2, 0.25) is 0 Å². The number of hydrogen-bond acceptors (Lipinski definition) is 6. The molecule has 1 saturated heterocycles. The van der Waals surface area contributed by atoms with Crippen LogP contribution in [0.4, 0.5) is 5.69 Å². The molecule has 1 N–H and O–H groups in total. The van der Waals surface area contributed by atoms with Crippen molar-refractivity contribution in [1.82, 2.24) is 5.32 Å². The van der Waals surface area contributed by atoms with E-state index in [4.69, 9.17) is 14.2 Å². The summed E-state index contributed by atoms with van der Waals surface area (Å²) in [6, 6.07) is 11.5. The molecule has 0 bridgehead atoms. The first-order valence-corrected chi connectivity index (χ1v) is 9.58. The molecule has 0 unspecified atom stereocenters. The standard InChI is InChI=1S/C21H22N2O4S/c1-5-13-6-8-15(9-7-13)22-21-23-20(24)18(28-21)12-14-10-16(25-2)19(27-4)17(11-14)26-3/h6-12H,5H2,1-4H3,(H,22,23,24)/b18-12+. The van der Waals surface area contributed by atoms with Crippen molar-refractivity contribution >= 4 is 34.6 Å². The summed E-state index contributed by atoms with van der Waals surface area (Å²) in [6.07, 6.45) is 2.75. The number of nitrogens with one attached hydrogen (secondary N) is 1. The summed E-state index contributed by atoms with van der Waals surface area (Å²) < 4.78 is 16.1. The fraction of sp³-hybridized carbons (Fsp3) is 0.238. The number of benzene rings is 2. The maximum atomic E-state index is 12.3. The lowest BCUT2D eigenvalue weighted by Gasteiger charge is -2.12. The Morgan fingerprint density at radius 2 is 1.68 bits per heavy atom. The van der Waals surface area contributed by atoms with Crippen molar-refractivity contribution in [3.05, 3.63) is 52.4 Å². The summed E-state index contributed by atoms with van der Waals surface area (Å²) in [7, 11) is 4.66. The number of amides is 1. The number of thioether (sulfide) groups is 1. The van der Waals surface area contributed by atoms with E-state index in [2.05, 4.69) is 17.2 Å². The van der Waals surface area contributed by atoms with Gasteiger partial charge in [-0.25, -0.2) is 4.99 Å². The Labute approximate surface area is 168 Å². The van der Waals surface area contributed by atoms with Crippen LogP contribution in [-0.2, 0) is 11.2 Å². The number of aliphatic imine (C=N–C) groups is 1. The Hall–Kier alpha value is -2.93. The zero-order chi connectivity index (χ0) is 20.1. The van der Waals surface area contributed by atoms with E-state index in [0.717, 1.165) is 17.7 Å². The Morgan fingerprint density at radius 3 is 2.21 bits per heavy atom. The zero-order valence-electron chi connectivity index (χ0n) is 16.2. The van der Waals surface area contributed by atoms with E-state index in [1.807, 2.05) is 24.3 Å². The number of methoxy groups -OCH3 is 3. The van der Waals surface area contributed by atoms with Crippen molar-refractivity contribution in [2.75, 3.05) is 21.3 Å². The first-order chi connectivity index (χ1) is 13.6. The molecule has 0 aliphatic carbocycles. The van der Waals surface area contributed by atoms with Gasteiger partial charge in [0, 0.05) is 0 Å². The molecule has 28 heavy (non-hydrogen) atoms. The maximum Gasteiger partial charge on any atom is 0.264 e. The highest BCUT2D eigenvalue weighted by Gasteiger charge is 2.24. The summed E-state index contributed by atoms with van der Waals surface area (Å²) in [5.41, 5.74) is 2.81. The molecule has 3 rings (SSSR count). The van der Waals surface area contributed by atoms with Gasteiger partial charge in [-0.2, -0.15) is 0 Å². The van der Waals surface area contributed by atoms with Gasteiger partial charge in [-0.3, -0.25) is 4.79 Å². The molecule has 2 aromatic carbocycles. The molecule has 0 radical (unpaired) electrons. The van der Waals surface area contributed by atoms with Gasteiger partial charge in [0.1, 0.15) is 0 Å². The van der Waals surface area contributed by atoms with Gasteiger partial charge in [-0.1, -0.05) is 19.1 Å². The minimum atomic E-state index is -0.192. The largest absolute Gasteiger partial charge is 0.493 e. The van der Waals surface area contributed by atoms with Crippen LogP contribution in [0, 0.1) is 0 Å². The number of carbonyl (C=O) groups is 1. The Balaban J connectivity index is 1.87. The average molecular weight is 398 g/mol. The fourth-order valence-electron chi connectivity index (χ4n) is 2.74. The number of hydrogen-bond donors (Lipinski definition) is 1. The number of nitrogens with zero attached hydrogens (tertiary/aromatic N) is 1. The molecule has 1 amide bonds. The van der Waals surface area contributed by atoms with Gasteiger partial charge in [-0.15, -0.1) is 0 Å². The molecule has 0 aromatic heterocycles. The maximum absolute atomic E-state index is 12.3. The third kappa shape index (κ3) is 4.31. The van der Waals surface area contributed by atoms with Crippen LogP contribution in [0.15, 0.2) is 46.3 Å². The summed E-state index contributed by atoms with van der Waals surface area (Å²) in [6.45, 7) is 2.11. The molecule has 1 aliphatic heterocycles. The normalized spacial score (nSPS) is 16.4. The molecule has 0 saturated carbocycles. The van der Waals surface area contributed by atoms with Crippen molar-refractivity contribution in [1.29, 1.82) is 0 Å². The van der Waals surface area contributed by atoms with Crippen LogP contribution < -0.4 is 19.5 Å². The molecule has 1 aliphatic rings. The predicted molar refractivity (Wildman–Crippen MR) is 113 cm³/mol. The van der Waals surface area contributed by atoms with Crippen molar-refractivity contribution in [3.8, 4) is 17.2 Å². The van der Waals surface area contributed by atoms with Crippen molar-refractivity contribution in [3.63, 3.8) is 0 Å². The number of rotatable bonds is 6. The Morgan fingerprint density at radius 1 is 1.04 bits per heavy atom. The third-order valence-electron chi connectivity index (χ3n) is 4.21. The van der Waals surface area contributed by atoms with Crippen LogP contribution in [0.25, 0.3) is 6.08 Å². The average Bonchev–Trinajstić information content (AvgIpc) is 3.06. The minimum Gasteiger partial charge on any atom is -0.493 e. The van der Waals surface area contributed by atoms with E-state index in [9.17, 15) is 4.79 Å². The van der Waals surface area contributed by atoms with Crippen LogP contribution in [0.1, 0.15) is 18.1 Å². The highest BCUT2D eigenvalue weighted by atomic mass is 32.2. The Kier molecular flexibility index (Phi) is 6.26. The second-order valence-corrected chi connectivity index (χ2v) is 6.99. The lowest BCUT2D eigenvalue weighted by atomic mass is 10.1. The quantitative estimate of drug-likeness (QED) is 0.740. The molecule has 2 aromatic rings. The van der Waals surface area contributed by atoms with Crippen LogP contribution in [0.5, 0.6) is 17.2 Å². The summed E-state index contributed by atoms with van der Waals surface area (Å²) in [4.78, 5) is 17.4. The monoisotopic (exact) mass is 398 g/mol. The summed E-state index contributed by atoms with van der Waals surface area (Å²) in [5.74, 6) is 1.38. The predicted octanol–water partition coefficient (Wildman–Crippen LogP) is 4.17. The van der Waals surface area contributed by atoms with E-state index in [1.165, 1.54) is 17.3 Å². The molecule has 146 valence electrons. The van der Waals surface area contributed by atoms with E-state index < -0.39 is 0 Å². The van der Waals surface area contributed by atoms with Gasteiger partial charge in [0.05, 0.1) is 31.9 Å². The molecular weight excluding hydrogens is 376 g/mol. The second kappa shape index (κ2) is 8.84. The van der Waals surface area contributed by atoms with Crippen molar-refractivity contribution < 1.29 is 19.0 Å². The smallest absolute Gasteiger partial charge is 0.264 e. The zero-order valence-corrected chi connectivity index (χ0v) is 17.1. The molecular formula is C21H22N2O4S. The van der Waals surface area contributed by atoms with E-state index >= 15 is 0 Å². The molecule has 0 spiro atoms. The minimum absolute atomic E-state index is 0.192. The van der Waals surface area contributed by atoms with Gasteiger partial charge in [0.15, 0.2) is 16.7 Å². The summed E-state index contributed by atoms with van der Waals surface area (Å²) in [5, 5.41) is 3.35. The highest BCUT2D eigenvalue weighted by molar-refractivity contribution is 8.18. The van der Waals surface area contributed by atoms with Crippen molar-refractivity contribution in [2.45, 2.75) is 13.3 Å². The lowest BCUT2D eigenvalue weighted by Crippen LogP contribution is -2.19. The van der Waals surface area contributed by atoms with Gasteiger partial charge in [-0.05, 0) is 59.7 Å². The SMILES string of the molecule is CCc1ccc(N=C2NC(=O)/C(=C\c3cc(OC)c(OC)c(OC)c3)S2)cc1. The topological polar surface area (TPSA) is 69.2 Å². The van der Waals surface area contributed by atoms with Gasteiger partial charge < -0.3 is 19.5 Å². The van der Waals surface area contributed by atoms with Crippen LogP contribution in [0.3, 0.4) is 0 Å². The molecule has 1 heterocycles. The molecule has 1 fully saturated rings. The highest BCUT2D eigenvalue weighted by Crippen LogP contribution is 2.39. The third-order valence-corrected chi connectivity index (χ3v) is 5.12. The Bertz CT molecular complexity index is 911. The molecule has 6 nitrogen and oxygen atoms in total. The van der Waals surface area contributed by atoms with E-state index in [1.54, 1.807) is 39.5 Å². The first kappa shape index (κ1) is 19.8. The number of amidine groups is 1. The fourth-order valence-corrected chi connectivity index (χ4v) is 3.58. The number of carbonyl (C=O) groups excluding carboxylic acids is 1. The number of aryl methyl sites for hydroxylation is 1. The van der Waals surface area contributed by atoms with Crippen LogP contribution >= 0.6 is 11.8 Å². The lowest BCUT2D eigenvalue weighted by molar-refractivity contribution is -0.115. The van der Waals surface area contributed by atoms with Crippen molar-refractivity contribution in [2.24, 2.45) is 4.99 Å². The van der Waals surface area contributed by atoms with E-state index in [0.29, 0.717) is 27.3 Å². The number of ether oxygens (including phenoxy) is 3. The summed E-state index contributed by atoms with van der Waals surface area (Å²) >= 11 is 1.29. The van der Waals surface area contributed by atoms with Gasteiger partial charge >= 0.3 is 0 Å². The van der Waals surface area contributed by atoms with Gasteiger partial charge in [0.2, 0.25) is 5.75 Å². The van der Waals surface area contributed by atoms with Gasteiger partial charge in [0.25, 0.3) is 5.91 Å². The molecule has 0 atom stereocenters. The van der Waals surface area contributed by atoms with Crippen LogP contribution in [-0.4, -0.2) is 32.4 Å². The molecule has 7 heteroatoms.